The van der Waals surface area contributed by atoms with Crippen LogP contribution in [-0.4, -0.2) is 19.1 Å². The number of nitrogens with two attached hydrogens (primary N) is 1. The third-order valence-electron chi connectivity index (χ3n) is 1.77. The van der Waals surface area contributed by atoms with Gasteiger partial charge in [0.2, 0.25) is 0 Å². The Hall–Kier alpha value is -1.16. The first kappa shape index (κ1) is 10.9. The van der Waals surface area contributed by atoms with E-state index in [1.807, 2.05) is 6.92 Å². The third-order valence-corrected chi connectivity index (χ3v) is 1.77. The summed E-state index contributed by atoms with van der Waals surface area (Å²) in [5, 5.41) is 0. The second-order valence-corrected chi connectivity index (χ2v) is 3.16. The maximum atomic E-state index is 12.7. The average Bonchev–Trinajstić information content (AvgIpc) is 2.17. The summed E-state index contributed by atoms with van der Waals surface area (Å²) in [4.78, 5) is 0. The van der Waals surface area contributed by atoms with Gasteiger partial charge in [-0.1, -0.05) is 17.7 Å². The summed E-state index contributed by atoms with van der Waals surface area (Å²) in [6.07, 6.45) is 0. The molecule has 4 heteroatoms. The van der Waals surface area contributed by atoms with E-state index in [1.54, 1.807) is 24.3 Å². The summed E-state index contributed by atoms with van der Waals surface area (Å²) in [5.41, 5.74) is 5.92. The van der Waals surface area contributed by atoms with Crippen molar-refractivity contribution in [2.45, 2.75) is 12.8 Å². The van der Waals surface area contributed by atoms with E-state index >= 15 is 0 Å². The predicted molar refractivity (Wildman–Crippen MR) is 50.7 cm³/mol. The minimum atomic E-state index is -2.95. The van der Waals surface area contributed by atoms with Gasteiger partial charge in [-0.25, -0.2) is 8.78 Å². The van der Waals surface area contributed by atoms with Gasteiger partial charge >= 0.3 is 0 Å². The minimum absolute atomic E-state index is 0.434. The van der Waals surface area contributed by atoms with Gasteiger partial charge in [0.1, 0.15) is 5.75 Å². The molecule has 0 unspecified atom stereocenters. The molecule has 2 N–H and O–H groups in total. The van der Waals surface area contributed by atoms with Gasteiger partial charge in [-0.15, -0.1) is 0 Å². The molecule has 78 valence electrons. The van der Waals surface area contributed by atoms with Crippen LogP contribution in [0.4, 0.5) is 8.78 Å². The molecule has 0 atom stereocenters. The lowest BCUT2D eigenvalue weighted by molar-refractivity contribution is -0.0319. The minimum Gasteiger partial charge on any atom is -0.487 e. The maximum Gasteiger partial charge on any atom is 0.293 e. The van der Waals surface area contributed by atoms with Gasteiger partial charge in [0.25, 0.3) is 5.92 Å². The Morgan fingerprint density at radius 2 is 1.86 bits per heavy atom. The highest BCUT2D eigenvalue weighted by Gasteiger charge is 2.27. The Morgan fingerprint density at radius 3 is 2.36 bits per heavy atom. The van der Waals surface area contributed by atoms with Gasteiger partial charge in [-0.2, -0.15) is 0 Å². The average molecular weight is 201 g/mol. The quantitative estimate of drug-likeness (QED) is 0.808. The molecule has 1 aromatic carbocycles. The van der Waals surface area contributed by atoms with Gasteiger partial charge in [0.15, 0.2) is 6.61 Å². The Bertz CT molecular complexity index is 285. The highest BCUT2D eigenvalue weighted by Crippen LogP contribution is 2.16. The number of ether oxygens (including phenoxy) is 1. The van der Waals surface area contributed by atoms with Gasteiger partial charge in [-0.3, -0.25) is 0 Å². The molecular weight excluding hydrogens is 188 g/mol. The molecular formula is C10H13F2NO. The number of hydrogen-bond acceptors (Lipinski definition) is 2. The van der Waals surface area contributed by atoms with Gasteiger partial charge in [-0.05, 0) is 19.1 Å². The topological polar surface area (TPSA) is 35.2 Å². The lowest BCUT2D eigenvalue weighted by atomic mass is 10.2. The van der Waals surface area contributed by atoms with Crippen LogP contribution >= 0.6 is 0 Å². The Labute approximate surface area is 81.7 Å². The van der Waals surface area contributed by atoms with Gasteiger partial charge in [0.05, 0.1) is 6.54 Å². The van der Waals surface area contributed by atoms with Crippen LogP contribution in [0.15, 0.2) is 24.3 Å². The van der Waals surface area contributed by atoms with Crippen molar-refractivity contribution in [3.05, 3.63) is 29.8 Å². The van der Waals surface area contributed by atoms with E-state index in [4.69, 9.17) is 10.5 Å². The largest absolute Gasteiger partial charge is 0.487 e. The van der Waals surface area contributed by atoms with E-state index in [0.717, 1.165) is 5.56 Å². The number of aryl methyl sites for hydroxylation is 1. The maximum absolute atomic E-state index is 12.7. The summed E-state index contributed by atoms with van der Waals surface area (Å²) in [6, 6.07) is 6.91. The van der Waals surface area contributed by atoms with Crippen molar-refractivity contribution in [1.29, 1.82) is 0 Å². The number of halogens is 2. The second-order valence-electron chi connectivity index (χ2n) is 3.16. The van der Waals surface area contributed by atoms with Crippen LogP contribution in [0.1, 0.15) is 5.56 Å². The van der Waals surface area contributed by atoms with Crippen LogP contribution in [0.3, 0.4) is 0 Å². The van der Waals surface area contributed by atoms with Crippen LogP contribution in [0.5, 0.6) is 5.75 Å². The molecule has 1 aromatic rings. The zero-order valence-electron chi connectivity index (χ0n) is 7.97. The summed E-state index contributed by atoms with van der Waals surface area (Å²) in [7, 11) is 0. The molecule has 0 aliphatic heterocycles. The summed E-state index contributed by atoms with van der Waals surface area (Å²) >= 11 is 0. The number of alkyl halides is 2. The molecule has 0 aliphatic carbocycles. The summed E-state index contributed by atoms with van der Waals surface area (Å²) in [5.74, 6) is -2.52. The molecule has 0 bridgehead atoms. The second kappa shape index (κ2) is 4.37. The molecule has 0 fully saturated rings. The Kier molecular flexibility index (Phi) is 3.41. The molecule has 0 aromatic heterocycles. The third kappa shape index (κ3) is 3.30. The molecule has 0 amide bonds. The number of benzene rings is 1. The van der Waals surface area contributed by atoms with E-state index in [2.05, 4.69) is 0 Å². The van der Waals surface area contributed by atoms with E-state index < -0.39 is 19.1 Å². The van der Waals surface area contributed by atoms with Gasteiger partial charge in [0, 0.05) is 0 Å². The fraction of sp³-hybridized carbons (Fsp3) is 0.400. The molecule has 0 spiro atoms. The van der Waals surface area contributed by atoms with Crippen molar-refractivity contribution in [2.75, 3.05) is 13.2 Å². The van der Waals surface area contributed by atoms with Crippen molar-refractivity contribution in [3.63, 3.8) is 0 Å². The van der Waals surface area contributed by atoms with Crippen LogP contribution in [0.25, 0.3) is 0 Å². The molecule has 14 heavy (non-hydrogen) atoms. The first-order valence-corrected chi connectivity index (χ1v) is 4.31. The standard InChI is InChI=1S/C10H13F2NO/c1-8-2-4-9(5-3-8)14-7-10(11,12)6-13/h2-5H,6-7,13H2,1H3. The monoisotopic (exact) mass is 201 g/mol. The fourth-order valence-corrected chi connectivity index (χ4v) is 0.882. The van der Waals surface area contributed by atoms with E-state index in [1.165, 1.54) is 0 Å². The smallest absolute Gasteiger partial charge is 0.293 e. The van der Waals surface area contributed by atoms with E-state index in [9.17, 15) is 8.78 Å². The van der Waals surface area contributed by atoms with Crippen LogP contribution in [-0.2, 0) is 0 Å². The molecule has 0 saturated heterocycles. The zero-order chi connectivity index (χ0) is 10.6. The molecule has 0 heterocycles. The van der Waals surface area contributed by atoms with Crippen molar-refractivity contribution in [2.24, 2.45) is 5.73 Å². The molecule has 0 aliphatic rings. The highest BCUT2D eigenvalue weighted by atomic mass is 19.3. The van der Waals surface area contributed by atoms with Crippen LogP contribution in [0.2, 0.25) is 0 Å². The van der Waals surface area contributed by atoms with E-state index in [0.29, 0.717) is 5.75 Å². The van der Waals surface area contributed by atoms with Crippen molar-refractivity contribution in [1.82, 2.24) is 0 Å². The highest BCUT2D eigenvalue weighted by molar-refractivity contribution is 5.26. The number of hydrogen-bond donors (Lipinski definition) is 1. The van der Waals surface area contributed by atoms with Crippen molar-refractivity contribution in [3.8, 4) is 5.75 Å². The van der Waals surface area contributed by atoms with E-state index in [-0.39, 0.29) is 0 Å². The van der Waals surface area contributed by atoms with Crippen LogP contribution < -0.4 is 10.5 Å². The Balaban J connectivity index is 2.50. The van der Waals surface area contributed by atoms with Gasteiger partial charge < -0.3 is 10.5 Å². The molecule has 0 saturated carbocycles. The summed E-state index contributed by atoms with van der Waals surface area (Å²) in [6.45, 7) is 0.545. The molecule has 1 rings (SSSR count). The molecule has 2 nitrogen and oxygen atoms in total. The first-order valence-electron chi connectivity index (χ1n) is 4.31. The lowest BCUT2D eigenvalue weighted by Crippen LogP contribution is -2.34. The number of rotatable bonds is 4. The first-order chi connectivity index (χ1) is 6.53. The normalized spacial score (nSPS) is 11.4. The molecule has 0 radical (unpaired) electrons. The SMILES string of the molecule is Cc1ccc(OCC(F)(F)CN)cc1. The zero-order valence-corrected chi connectivity index (χ0v) is 7.97. The predicted octanol–water partition coefficient (Wildman–Crippen LogP) is 1.97. The fourth-order valence-electron chi connectivity index (χ4n) is 0.882. The van der Waals surface area contributed by atoms with Crippen molar-refractivity contribution >= 4 is 0 Å². The lowest BCUT2D eigenvalue weighted by Gasteiger charge is -2.14. The van der Waals surface area contributed by atoms with Crippen molar-refractivity contribution < 1.29 is 13.5 Å². The van der Waals surface area contributed by atoms with Crippen LogP contribution in [0, 0.1) is 6.92 Å². The Morgan fingerprint density at radius 1 is 1.29 bits per heavy atom. The summed E-state index contributed by atoms with van der Waals surface area (Å²) < 4.78 is 30.2.